The van der Waals surface area contributed by atoms with Crippen LogP contribution in [0.15, 0.2) is 75.3 Å². The van der Waals surface area contributed by atoms with E-state index in [0.717, 1.165) is 11.6 Å². The maximum Gasteiger partial charge on any atom is 0.340 e. The Hall–Kier alpha value is -3.22. The van der Waals surface area contributed by atoms with Gasteiger partial charge >= 0.3 is 5.97 Å². The van der Waals surface area contributed by atoms with Crippen molar-refractivity contribution >= 4 is 50.8 Å². The Morgan fingerprint density at radius 1 is 1.05 bits per heavy atom. The number of esters is 1. The van der Waals surface area contributed by atoms with Crippen molar-refractivity contribution in [3.63, 3.8) is 0 Å². The summed E-state index contributed by atoms with van der Waals surface area (Å²) in [7, 11) is -3.87. The number of carbonyl (C=O) groups is 2. The van der Waals surface area contributed by atoms with E-state index < -0.39 is 34.5 Å². The second-order valence-corrected chi connectivity index (χ2v) is 11.5. The van der Waals surface area contributed by atoms with Crippen LogP contribution in [0.25, 0.3) is 0 Å². The Labute approximate surface area is 234 Å². The molecule has 10 nitrogen and oxygen atoms in total. The Morgan fingerprint density at radius 3 is 2.49 bits per heavy atom. The highest BCUT2D eigenvalue weighted by molar-refractivity contribution is 7.89. The fourth-order valence-electron chi connectivity index (χ4n) is 4.29. The molecule has 3 heterocycles. The minimum atomic E-state index is -3.87. The van der Waals surface area contributed by atoms with Crippen LogP contribution in [0.5, 0.6) is 0 Å². The molecule has 1 aromatic heterocycles. The molecule has 5 rings (SSSR count). The van der Waals surface area contributed by atoms with Crippen molar-refractivity contribution in [2.75, 3.05) is 32.9 Å². The van der Waals surface area contributed by atoms with Crippen molar-refractivity contribution in [3.8, 4) is 0 Å². The quantitative estimate of drug-likeness (QED) is 0.379. The van der Waals surface area contributed by atoms with Gasteiger partial charge in [0.2, 0.25) is 10.0 Å². The lowest BCUT2D eigenvalue weighted by atomic mass is 10.0. The molecular weight excluding hydrogens is 569 g/mol. The Balaban J connectivity index is 1.32. The molecule has 2 aliphatic rings. The third kappa shape index (κ3) is 5.87. The molecule has 2 aromatic carbocycles. The van der Waals surface area contributed by atoms with E-state index in [0.29, 0.717) is 22.9 Å². The minimum absolute atomic E-state index is 0.00828. The van der Waals surface area contributed by atoms with E-state index in [2.05, 4.69) is 5.10 Å². The van der Waals surface area contributed by atoms with Gasteiger partial charge in [-0.2, -0.15) is 9.41 Å². The highest BCUT2D eigenvalue weighted by atomic mass is 35.5. The van der Waals surface area contributed by atoms with E-state index in [1.54, 1.807) is 36.4 Å². The molecule has 2 aliphatic heterocycles. The number of benzene rings is 2. The van der Waals surface area contributed by atoms with Crippen molar-refractivity contribution in [3.05, 3.63) is 87.8 Å². The summed E-state index contributed by atoms with van der Waals surface area (Å²) in [5.41, 5.74) is 1.25. The number of morpholine rings is 1. The first-order valence-electron chi connectivity index (χ1n) is 12.0. The average Bonchev–Trinajstić information content (AvgIpc) is 3.63. The highest BCUT2D eigenvalue weighted by Crippen LogP contribution is 2.33. The van der Waals surface area contributed by atoms with Gasteiger partial charge in [-0.15, -0.1) is 0 Å². The summed E-state index contributed by atoms with van der Waals surface area (Å²) in [6, 6.07) is 13.7. The highest BCUT2D eigenvalue weighted by Gasteiger charge is 2.35. The molecule has 1 amide bonds. The predicted molar refractivity (Wildman–Crippen MR) is 142 cm³/mol. The number of halogens is 2. The molecule has 1 fully saturated rings. The summed E-state index contributed by atoms with van der Waals surface area (Å²) >= 11 is 12.2. The van der Waals surface area contributed by atoms with E-state index in [1.165, 1.54) is 27.7 Å². The third-order valence-corrected chi connectivity index (χ3v) is 8.78. The molecule has 0 spiro atoms. The van der Waals surface area contributed by atoms with Gasteiger partial charge in [-0.25, -0.2) is 18.2 Å². The lowest BCUT2D eigenvalue weighted by Gasteiger charge is -2.26. The number of hydrazone groups is 1. The van der Waals surface area contributed by atoms with Gasteiger partial charge in [0.05, 0.1) is 40.7 Å². The third-order valence-electron chi connectivity index (χ3n) is 6.31. The van der Waals surface area contributed by atoms with Crippen LogP contribution in [0.1, 0.15) is 34.1 Å². The van der Waals surface area contributed by atoms with Gasteiger partial charge in [-0.05, 0) is 48.0 Å². The number of furan rings is 1. The monoisotopic (exact) mass is 591 g/mol. The number of ether oxygens (including phenoxy) is 2. The molecule has 0 bridgehead atoms. The van der Waals surface area contributed by atoms with Crippen molar-refractivity contribution < 1.29 is 31.9 Å². The standard InChI is InChI=1S/C26H23Cl2N3O7S/c27-18-5-3-17(4-6-18)22-15-23(24-2-1-11-37-24)31(29-22)25(32)16-38-26(33)20-14-19(7-8-21(20)28)39(34,35)30-9-12-36-13-10-30/h1-8,11,14,23H,9-10,12-13,15-16H2. The molecule has 39 heavy (non-hydrogen) atoms. The van der Waals surface area contributed by atoms with Crippen LogP contribution < -0.4 is 0 Å². The summed E-state index contributed by atoms with van der Waals surface area (Å²) in [6.45, 7) is 0.308. The van der Waals surface area contributed by atoms with Gasteiger partial charge in [-0.1, -0.05) is 35.3 Å². The SMILES string of the molecule is O=C(OCC(=O)N1N=C(c2ccc(Cl)cc2)CC1c1ccco1)c1cc(S(=O)(=O)N2CCOCC2)ccc1Cl. The zero-order valence-electron chi connectivity index (χ0n) is 20.5. The largest absolute Gasteiger partial charge is 0.467 e. The van der Waals surface area contributed by atoms with Gasteiger partial charge in [-0.3, -0.25) is 4.79 Å². The first-order chi connectivity index (χ1) is 18.7. The second-order valence-electron chi connectivity index (χ2n) is 8.76. The van der Waals surface area contributed by atoms with Crippen LogP contribution in [0.3, 0.4) is 0 Å². The van der Waals surface area contributed by atoms with Crippen LogP contribution in [0, 0.1) is 0 Å². The molecule has 0 saturated carbocycles. The van der Waals surface area contributed by atoms with E-state index in [-0.39, 0.29) is 41.8 Å². The maximum absolute atomic E-state index is 13.2. The summed E-state index contributed by atoms with van der Waals surface area (Å²) < 4.78 is 43.3. The van der Waals surface area contributed by atoms with E-state index in [9.17, 15) is 18.0 Å². The van der Waals surface area contributed by atoms with E-state index in [4.69, 9.17) is 37.1 Å². The first-order valence-corrected chi connectivity index (χ1v) is 14.2. The van der Waals surface area contributed by atoms with Crippen molar-refractivity contribution in [2.45, 2.75) is 17.4 Å². The lowest BCUT2D eigenvalue weighted by Crippen LogP contribution is -2.40. The summed E-state index contributed by atoms with van der Waals surface area (Å²) in [4.78, 5) is 26.0. The minimum Gasteiger partial charge on any atom is -0.467 e. The fourth-order valence-corrected chi connectivity index (χ4v) is 6.04. The number of hydrogen-bond acceptors (Lipinski definition) is 8. The number of carbonyl (C=O) groups excluding carboxylic acids is 2. The molecule has 3 aromatic rings. The second kappa shape index (κ2) is 11.5. The Bertz CT molecular complexity index is 1500. The molecule has 1 unspecified atom stereocenters. The Morgan fingerprint density at radius 2 is 1.79 bits per heavy atom. The van der Waals surface area contributed by atoms with Crippen molar-refractivity contribution in [1.29, 1.82) is 0 Å². The zero-order valence-corrected chi connectivity index (χ0v) is 22.8. The smallest absolute Gasteiger partial charge is 0.340 e. The van der Waals surface area contributed by atoms with Crippen LogP contribution in [0.4, 0.5) is 0 Å². The summed E-state index contributed by atoms with van der Waals surface area (Å²) in [5.74, 6) is -1.02. The van der Waals surface area contributed by atoms with Crippen LogP contribution >= 0.6 is 23.2 Å². The fraction of sp³-hybridized carbons (Fsp3) is 0.269. The predicted octanol–water partition coefficient (Wildman–Crippen LogP) is 4.14. The van der Waals surface area contributed by atoms with Gasteiger partial charge in [0.25, 0.3) is 5.91 Å². The van der Waals surface area contributed by atoms with Gasteiger partial charge in [0.1, 0.15) is 11.8 Å². The number of rotatable bonds is 7. The number of amides is 1. The number of sulfonamides is 1. The molecular formula is C26H23Cl2N3O7S. The molecule has 1 saturated heterocycles. The molecule has 0 radical (unpaired) electrons. The van der Waals surface area contributed by atoms with Crippen LogP contribution in [0.2, 0.25) is 10.0 Å². The lowest BCUT2D eigenvalue weighted by molar-refractivity contribution is -0.136. The van der Waals surface area contributed by atoms with Gasteiger partial charge < -0.3 is 13.9 Å². The summed E-state index contributed by atoms with van der Waals surface area (Å²) in [6.07, 6.45) is 1.88. The Kier molecular flexibility index (Phi) is 8.06. The molecule has 13 heteroatoms. The zero-order chi connectivity index (χ0) is 27.6. The topological polar surface area (TPSA) is 119 Å². The number of hydrogen-bond donors (Lipinski definition) is 0. The normalized spacial score (nSPS) is 18.2. The van der Waals surface area contributed by atoms with Crippen LogP contribution in [-0.2, 0) is 24.3 Å². The van der Waals surface area contributed by atoms with E-state index >= 15 is 0 Å². The maximum atomic E-state index is 13.2. The number of nitrogens with zero attached hydrogens (tertiary/aromatic N) is 3. The molecule has 0 aliphatic carbocycles. The first kappa shape index (κ1) is 27.4. The van der Waals surface area contributed by atoms with E-state index in [1.807, 2.05) is 0 Å². The van der Waals surface area contributed by atoms with Crippen molar-refractivity contribution in [2.24, 2.45) is 5.10 Å². The summed E-state index contributed by atoms with van der Waals surface area (Å²) in [5, 5.41) is 6.26. The van der Waals surface area contributed by atoms with Crippen LogP contribution in [-0.4, -0.2) is 68.2 Å². The molecule has 1 atom stereocenters. The van der Waals surface area contributed by atoms with Gasteiger partial charge in [0, 0.05) is 24.5 Å². The molecule has 204 valence electrons. The van der Waals surface area contributed by atoms with Crippen molar-refractivity contribution in [1.82, 2.24) is 9.31 Å². The molecule has 0 N–H and O–H groups in total. The van der Waals surface area contributed by atoms with Gasteiger partial charge in [0.15, 0.2) is 6.61 Å². The average molecular weight is 592 g/mol.